The minimum atomic E-state index is 0. The molecule has 0 amide bonds. The molecule has 10 heavy (non-hydrogen) atoms. The number of hydrogen-bond acceptors (Lipinski definition) is 2. The van der Waals surface area contributed by atoms with Crippen LogP contribution in [0, 0.1) is 0 Å². The second-order valence-electron chi connectivity index (χ2n) is 1.71. The zero-order valence-electron chi connectivity index (χ0n) is 6.64. The molecule has 4 heteroatoms. The molecule has 0 unspecified atom stereocenters. The van der Waals surface area contributed by atoms with Gasteiger partial charge in [-0.2, -0.15) is 0 Å². The Balaban J connectivity index is -0.000000245. The zero-order valence-corrected chi connectivity index (χ0v) is 8.92. The van der Waals surface area contributed by atoms with E-state index in [4.69, 9.17) is 0 Å². The van der Waals surface area contributed by atoms with Crippen molar-refractivity contribution >= 4 is 0 Å². The van der Waals surface area contributed by atoms with Crippen molar-refractivity contribution in [1.29, 1.82) is 0 Å². The van der Waals surface area contributed by atoms with Gasteiger partial charge in [-0.1, -0.05) is 13.8 Å². The number of hydrogen-bond donors (Lipinski definition) is 2. The summed E-state index contributed by atoms with van der Waals surface area (Å²) in [4.78, 5) is 0. The molecular weight excluding hydrogens is 311 g/mol. The maximum atomic E-state index is 3.22. The molecule has 0 atom stereocenters. The molecule has 0 aromatic carbocycles. The van der Waals surface area contributed by atoms with E-state index in [1.165, 1.54) is 0 Å². The van der Waals surface area contributed by atoms with E-state index in [1.54, 1.807) is 0 Å². The third-order valence-electron chi connectivity index (χ3n) is 0.979. The summed E-state index contributed by atoms with van der Waals surface area (Å²) in [5.41, 5.74) is 0. The Labute approximate surface area is 77.5 Å². The summed E-state index contributed by atoms with van der Waals surface area (Å²) < 4.78 is 0. The predicted molar refractivity (Wildman–Crippen MR) is 40.7 cm³/mol. The molecular formula is C6H18N2OPt+2. The van der Waals surface area contributed by atoms with Gasteiger partial charge < -0.3 is 16.1 Å². The molecule has 0 aliphatic rings. The van der Waals surface area contributed by atoms with Gasteiger partial charge in [-0.25, -0.2) is 0 Å². The normalized spacial score (nSPS) is 7.80. The van der Waals surface area contributed by atoms with Gasteiger partial charge in [0.15, 0.2) is 0 Å². The first-order chi connectivity index (χ1) is 3.91. The summed E-state index contributed by atoms with van der Waals surface area (Å²) in [6, 6.07) is 0. The molecule has 4 N–H and O–H groups in total. The largest absolute Gasteiger partial charge is 2.00 e. The van der Waals surface area contributed by atoms with Gasteiger partial charge in [-0.05, 0) is 13.1 Å². The van der Waals surface area contributed by atoms with Crippen LogP contribution in [-0.2, 0) is 21.1 Å². The van der Waals surface area contributed by atoms with E-state index in [0.717, 1.165) is 26.2 Å². The molecule has 66 valence electrons. The van der Waals surface area contributed by atoms with Crippen LogP contribution in [0.3, 0.4) is 0 Å². The fourth-order valence-electron chi connectivity index (χ4n) is 0.530. The predicted octanol–water partition coefficient (Wildman–Crippen LogP) is -0.622. The van der Waals surface area contributed by atoms with E-state index in [2.05, 4.69) is 24.5 Å². The SMILES string of the molecule is CCNCCNCC.O.[Pt+2]. The van der Waals surface area contributed by atoms with E-state index >= 15 is 0 Å². The van der Waals surface area contributed by atoms with Crippen molar-refractivity contribution in [2.75, 3.05) is 26.2 Å². The first-order valence-electron chi connectivity index (χ1n) is 3.33. The minimum Gasteiger partial charge on any atom is -0.412 e. The van der Waals surface area contributed by atoms with Crippen molar-refractivity contribution in [2.45, 2.75) is 13.8 Å². The number of nitrogens with one attached hydrogen (secondary N) is 2. The summed E-state index contributed by atoms with van der Waals surface area (Å²) in [7, 11) is 0. The molecule has 0 spiro atoms. The van der Waals surface area contributed by atoms with Crippen molar-refractivity contribution in [3.63, 3.8) is 0 Å². The van der Waals surface area contributed by atoms with E-state index < -0.39 is 0 Å². The topological polar surface area (TPSA) is 55.6 Å². The smallest absolute Gasteiger partial charge is 0.412 e. The van der Waals surface area contributed by atoms with Gasteiger partial charge in [0.2, 0.25) is 0 Å². The Morgan fingerprint density at radius 1 is 0.900 bits per heavy atom. The van der Waals surface area contributed by atoms with Crippen LogP contribution in [0.25, 0.3) is 0 Å². The van der Waals surface area contributed by atoms with Gasteiger partial charge in [0.05, 0.1) is 0 Å². The second-order valence-corrected chi connectivity index (χ2v) is 1.71. The monoisotopic (exact) mass is 329 g/mol. The number of rotatable bonds is 5. The van der Waals surface area contributed by atoms with Crippen molar-refractivity contribution < 1.29 is 26.5 Å². The molecule has 0 heterocycles. The zero-order chi connectivity index (χ0) is 6.24. The van der Waals surface area contributed by atoms with Gasteiger partial charge in [0, 0.05) is 13.1 Å². The second kappa shape index (κ2) is 16.3. The Bertz CT molecular complexity index is 40.7. The Kier molecular flexibility index (Phi) is 27.5. The van der Waals surface area contributed by atoms with Gasteiger partial charge in [-0.3, -0.25) is 0 Å². The minimum absolute atomic E-state index is 0. The Morgan fingerprint density at radius 3 is 1.40 bits per heavy atom. The maximum Gasteiger partial charge on any atom is 2.00 e. The first kappa shape index (κ1) is 16.9. The van der Waals surface area contributed by atoms with Crippen LogP contribution in [0.15, 0.2) is 0 Å². The molecule has 0 rings (SSSR count). The van der Waals surface area contributed by atoms with E-state index in [-0.39, 0.29) is 26.5 Å². The van der Waals surface area contributed by atoms with Crippen LogP contribution in [0.4, 0.5) is 0 Å². The van der Waals surface area contributed by atoms with Gasteiger partial charge in [-0.15, -0.1) is 0 Å². The van der Waals surface area contributed by atoms with E-state index in [9.17, 15) is 0 Å². The Hall–Kier alpha value is 0.568. The van der Waals surface area contributed by atoms with Crippen LogP contribution in [-0.4, -0.2) is 31.7 Å². The van der Waals surface area contributed by atoms with Gasteiger partial charge >= 0.3 is 21.1 Å². The van der Waals surface area contributed by atoms with Crippen molar-refractivity contribution in [3.05, 3.63) is 0 Å². The summed E-state index contributed by atoms with van der Waals surface area (Å²) in [6.45, 7) is 8.56. The standard InChI is InChI=1S/C6H16N2.H2O.Pt/c1-3-7-5-6-8-4-2;;/h7-8H,3-6H2,1-2H3;1H2;/q;;+2. The fourth-order valence-corrected chi connectivity index (χ4v) is 0.530. The average molecular weight is 329 g/mol. The third kappa shape index (κ3) is 15.8. The van der Waals surface area contributed by atoms with Crippen molar-refractivity contribution in [2.24, 2.45) is 0 Å². The molecule has 0 saturated heterocycles. The van der Waals surface area contributed by atoms with Crippen molar-refractivity contribution in [1.82, 2.24) is 10.6 Å². The van der Waals surface area contributed by atoms with Crippen LogP contribution in [0.5, 0.6) is 0 Å². The molecule has 0 radical (unpaired) electrons. The fraction of sp³-hybridized carbons (Fsp3) is 1.00. The van der Waals surface area contributed by atoms with E-state index in [0.29, 0.717) is 0 Å². The third-order valence-corrected chi connectivity index (χ3v) is 0.979. The van der Waals surface area contributed by atoms with Crippen LogP contribution < -0.4 is 10.6 Å². The molecule has 0 bridgehead atoms. The molecule has 0 aromatic rings. The number of likely N-dealkylation sites (N-methyl/N-ethyl adjacent to an activating group) is 2. The summed E-state index contributed by atoms with van der Waals surface area (Å²) in [6.07, 6.45) is 0. The molecule has 0 fully saturated rings. The Morgan fingerprint density at radius 2 is 1.20 bits per heavy atom. The van der Waals surface area contributed by atoms with Crippen molar-refractivity contribution in [3.8, 4) is 0 Å². The first-order valence-corrected chi connectivity index (χ1v) is 3.33. The molecule has 0 saturated carbocycles. The molecule has 0 aliphatic heterocycles. The average Bonchev–Trinajstić information content (AvgIpc) is 1.81. The quantitative estimate of drug-likeness (QED) is 0.661. The summed E-state index contributed by atoms with van der Waals surface area (Å²) in [5.74, 6) is 0. The molecule has 0 aromatic heterocycles. The maximum absolute atomic E-state index is 3.22. The summed E-state index contributed by atoms with van der Waals surface area (Å²) >= 11 is 0. The van der Waals surface area contributed by atoms with E-state index in [1.807, 2.05) is 0 Å². The molecule has 3 nitrogen and oxygen atoms in total. The van der Waals surface area contributed by atoms with Crippen LogP contribution >= 0.6 is 0 Å². The van der Waals surface area contributed by atoms with Gasteiger partial charge in [0.25, 0.3) is 0 Å². The van der Waals surface area contributed by atoms with Crippen LogP contribution in [0.1, 0.15) is 13.8 Å². The molecule has 0 aliphatic carbocycles. The summed E-state index contributed by atoms with van der Waals surface area (Å²) in [5, 5.41) is 6.44. The van der Waals surface area contributed by atoms with Crippen LogP contribution in [0.2, 0.25) is 0 Å². The van der Waals surface area contributed by atoms with Gasteiger partial charge in [0.1, 0.15) is 0 Å².